The fraction of sp³-hybridized carbons (Fsp3) is 0.207. The average molecular weight is 407 g/mol. The molecule has 1 N–H and O–H groups in total. The van der Waals surface area contributed by atoms with Crippen molar-refractivity contribution in [3.8, 4) is 11.1 Å². The van der Waals surface area contributed by atoms with Crippen LogP contribution in [0.25, 0.3) is 11.1 Å². The molecule has 0 amide bonds. The van der Waals surface area contributed by atoms with Crippen LogP contribution in [0.1, 0.15) is 49.1 Å². The summed E-state index contributed by atoms with van der Waals surface area (Å²) in [5.41, 5.74) is 7.43. The van der Waals surface area contributed by atoms with Gasteiger partial charge in [-0.1, -0.05) is 105 Å². The van der Waals surface area contributed by atoms with Gasteiger partial charge in [0.1, 0.15) is 5.82 Å². The molecule has 0 aliphatic carbocycles. The molecule has 2 heteroatoms. The lowest BCUT2D eigenvalue weighted by Gasteiger charge is -2.24. The highest BCUT2D eigenvalue weighted by atomic mass is 15.0. The first kappa shape index (κ1) is 20.9. The van der Waals surface area contributed by atoms with E-state index in [-0.39, 0.29) is 11.5 Å². The van der Waals surface area contributed by atoms with Crippen molar-refractivity contribution in [3.63, 3.8) is 0 Å². The van der Waals surface area contributed by atoms with E-state index in [0.29, 0.717) is 0 Å². The number of aromatic nitrogens is 1. The molecule has 0 aliphatic rings. The Morgan fingerprint density at radius 2 is 1.32 bits per heavy atom. The van der Waals surface area contributed by atoms with Gasteiger partial charge in [0.05, 0.1) is 6.04 Å². The lowest BCUT2D eigenvalue weighted by atomic mass is 9.85. The Kier molecular flexibility index (Phi) is 5.90. The minimum absolute atomic E-state index is 0.00646. The first-order valence-electron chi connectivity index (χ1n) is 10.9. The molecule has 1 unspecified atom stereocenters. The predicted molar refractivity (Wildman–Crippen MR) is 131 cm³/mol. The molecule has 0 saturated carbocycles. The molecule has 31 heavy (non-hydrogen) atoms. The van der Waals surface area contributed by atoms with Crippen LogP contribution in [0.5, 0.6) is 0 Å². The maximum Gasteiger partial charge on any atom is 0.134 e. The van der Waals surface area contributed by atoms with Gasteiger partial charge in [-0.25, -0.2) is 4.98 Å². The summed E-state index contributed by atoms with van der Waals surface area (Å²) in [6, 6.07) is 32.3. The van der Waals surface area contributed by atoms with E-state index in [9.17, 15) is 0 Å². The molecule has 3 aromatic carbocycles. The monoisotopic (exact) mass is 406 g/mol. The summed E-state index contributed by atoms with van der Waals surface area (Å²) in [4.78, 5) is 4.71. The Morgan fingerprint density at radius 1 is 0.710 bits per heavy atom. The largest absolute Gasteiger partial charge is 0.359 e. The molecule has 1 aromatic heterocycles. The van der Waals surface area contributed by atoms with E-state index in [4.69, 9.17) is 4.98 Å². The molecule has 4 rings (SSSR count). The number of aryl methyl sites for hydroxylation is 1. The van der Waals surface area contributed by atoms with E-state index >= 15 is 0 Å². The maximum atomic E-state index is 4.71. The summed E-state index contributed by atoms with van der Waals surface area (Å²) in [6.45, 7) is 8.86. The molecule has 0 aliphatic heterocycles. The van der Waals surface area contributed by atoms with Gasteiger partial charge < -0.3 is 5.32 Å². The van der Waals surface area contributed by atoms with Gasteiger partial charge in [-0.15, -0.1) is 0 Å². The topological polar surface area (TPSA) is 24.9 Å². The lowest BCUT2D eigenvalue weighted by molar-refractivity contribution is 0.590. The molecule has 0 saturated heterocycles. The molecule has 1 atom stereocenters. The second-order valence-electron chi connectivity index (χ2n) is 9.13. The SMILES string of the molecule is Cc1ccc(C(Nc2ncccc2-c2ccccc2)c2ccc(C(C)(C)C)cc2)cc1. The minimum Gasteiger partial charge on any atom is -0.359 e. The van der Waals surface area contributed by atoms with Crippen LogP contribution in [-0.4, -0.2) is 4.98 Å². The third-order valence-electron chi connectivity index (χ3n) is 5.69. The summed E-state index contributed by atoms with van der Waals surface area (Å²) in [7, 11) is 0. The smallest absolute Gasteiger partial charge is 0.134 e. The Morgan fingerprint density at radius 3 is 1.94 bits per heavy atom. The second kappa shape index (κ2) is 8.77. The Bertz CT molecular complexity index is 1120. The first-order valence-corrected chi connectivity index (χ1v) is 10.9. The summed E-state index contributed by atoms with van der Waals surface area (Å²) < 4.78 is 0. The number of rotatable bonds is 5. The zero-order valence-electron chi connectivity index (χ0n) is 18.8. The molecular formula is C29H30N2. The quantitative estimate of drug-likeness (QED) is 0.370. The molecule has 1 heterocycles. The zero-order valence-corrected chi connectivity index (χ0v) is 18.8. The van der Waals surface area contributed by atoms with Crippen molar-refractivity contribution in [3.05, 3.63) is 119 Å². The van der Waals surface area contributed by atoms with E-state index in [1.807, 2.05) is 18.3 Å². The average Bonchev–Trinajstić information content (AvgIpc) is 2.79. The highest BCUT2D eigenvalue weighted by molar-refractivity contribution is 5.75. The molecule has 156 valence electrons. The Balaban J connectivity index is 1.76. The van der Waals surface area contributed by atoms with Crippen molar-refractivity contribution in [2.45, 2.75) is 39.2 Å². The highest BCUT2D eigenvalue weighted by Crippen LogP contribution is 2.33. The lowest BCUT2D eigenvalue weighted by Crippen LogP contribution is -2.15. The summed E-state index contributed by atoms with van der Waals surface area (Å²) >= 11 is 0. The predicted octanol–water partition coefficient (Wildman–Crippen LogP) is 7.56. The van der Waals surface area contributed by atoms with Crippen LogP contribution in [0.4, 0.5) is 5.82 Å². The van der Waals surface area contributed by atoms with Gasteiger partial charge in [0.15, 0.2) is 0 Å². The molecule has 0 radical (unpaired) electrons. The number of anilines is 1. The third-order valence-corrected chi connectivity index (χ3v) is 5.69. The summed E-state index contributed by atoms with van der Waals surface area (Å²) in [5.74, 6) is 0.888. The summed E-state index contributed by atoms with van der Waals surface area (Å²) in [6.07, 6.45) is 1.85. The standard InChI is InChI=1S/C29H30N2/c1-21-12-14-23(15-13-21)27(24-16-18-25(19-17-24)29(2,3)4)31-28-26(11-8-20-30-28)22-9-6-5-7-10-22/h5-20,27H,1-4H3,(H,30,31). The van der Waals surface area contributed by atoms with Crippen molar-refractivity contribution in [1.82, 2.24) is 4.98 Å². The number of hydrogen-bond donors (Lipinski definition) is 1. The van der Waals surface area contributed by atoms with Crippen molar-refractivity contribution in [2.75, 3.05) is 5.32 Å². The van der Waals surface area contributed by atoms with E-state index in [1.54, 1.807) is 0 Å². The van der Waals surface area contributed by atoms with Crippen molar-refractivity contribution in [1.29, 1.82) is 0 Å². The molecule has 2 nitrogen and oxygen atoms in total. The molecule has 0 fully saturated rings. The highest BCUT2D eigenvalue weighted by Gasteiger charge is 2.19. The zero-order chi connectivity index (χ0) is 21.8. The number of hydrogen-bond acceptors (Lipinski definition) is 2. The van der Waals surface area contributed by atoms with Crippen LogP contribution in [-0.2, 0) is 5.41 Å². The van der Waals surface area contributed by atoms with Gasteiger partial charge >= 0.3 is 0 Å². The molecule has 4 aromatic rings. The van der Waals surface area contributed by atoms with Crippen LogP contribution >= 0.6 is 0 Å². The Labute approximate surface area is 186 Å². The van der Waals surface area contributed by atoms with Crippen molar-refractivity contribution >= 4 is 5.82 Å². The van der Waals surface area contributed by atoms with E-state index < -0.39 is 0 Å². The first-order chi connectivity index (χ1) is 14.9. The number of nitrogens with one attached hydrogen (secondary N) is 1. The number of nitrogens with zero attached hydrogens (tertiary/aromatic N) is 1. The van der Waals surface area contributed by atoms with Crippen LogP contribution < -0.4 is 5.32 Å². The van der Waals surface area contributed by atoms with E-state index in [0.717, 1.165) is 16.9 Å². The van der Waals surface area contributed by atoms with Crippen molar-refractivity contribution in [2.24, 2.45) is 0 Å². The molecule has 0 bridgehead atoms. The van der Waals surface area contributed by atoms with Gasteiger partial charge in [-0.05, 0) is 46.7 Å². The normalized spacial score (nSPS) is 12.4. The van der Waals surface area contributed by atoms with E-state index in [2.05, 4.69) is 112 Å². The summed E-state index contributed by atoms with van der Waals surface area (Å²) in [5, 5.41) is 3.75. The fourth-order valence-corrected chi connectivity index (χ4v) is 3.80. The molecule has 0 spiro atoms. The fourth-order valence-electron chi connectivity index (χ4n) is 3.80. The third kappa shape index (κ3) is 4.86. The Hall–Kier alpha value is -3.39. The van der Waals surface area contributed by atoms with Gasteiger partial charge in [0, 0.05) is 11.8 Å². The van der Waals surface area contributed by atoms with Gasteiger partial charge in [-0.3, -0.25) is 0 Å². The van der Waals surface area contributed by atoms with Crippen LogP contribution in [0.2, 0.25) is 0 Å². The van der Waals surface area contributed by atoms with Gasteiger partial charge in [0.2, 0.25) is 0 Å². The van der Waals surface area contributed by atoms with Crippen molar-refractivity contribution < 1.29 is 0 Å². The molecular weight excluding hydrogens is 376 g/mol. The van der Waals surface area contributed by atoms with Crippen LogP contribution in [0.15, 0.2) is 97.2 Å². The van der Waals surface area contributed by atoms with Crippen LogP contribution in [0.3, 0.4) is 0 Å². The minimum atomic E-state index is 0.00646. The van der Waals surface area contributed by atoms with Gasteiger partial charge in [0.25, 0.3) is 0 Å². The van der Waals surface area contributed by atoms with E-state index in [1.165, 1.54) is 22.3 Å². The second-order valence-corrected chi connectivity index (χ2v) is 9.13. The van der Waals surface area contributed by atoms with Gasteiger partial charge in [-0.2, -0.15) is 0 Å². The van der Waals surface area contributed by atoms with Crippen LogP contribution in [0, 0.1) is 6.92 Å². The maximum absolute atomic E-state index is 4.71. The number of benzene rings is 3. The number of pyridine rings is 1.